The molecule has 1 atom stereocenters. The van der Waals surface area contributed by atoms with Crippen molar-refractivity contribution < 1.29 is 44.7 Å². The summed E-state index contributed by atoms with van der Waals surface area (Å²) in [5.74, 6) is -1.47. The van der Waals surface area contributed by atoms with E-state index in [0.29, 0.717) is 5.06 Å². The van der Waals surface area contributed by atoms with Crippen molar-refractivity contribution in [2.24, 2.45) is 0 Å². The summed E-state index contributed by atoms with van der Waals surface area (Å²) in [6.07, 6.45) is -1.36. The molecule has 70 valence electrons. The van der Waals surface area contributed by atoms with Gasteiger partial charge >= 0.3 is 29.6 Å². The first kappa shape index (κ1) is 13.9. The van der Waals surface area contributed by atoms with E-state index in [0.717, 1.165) is 8.84 Å². The Hall–Kier alpha value is 0.890. The molecule has 0 spiro atoms. The van der Waals surface area contributed by atoms with Gasteiger partial charge in [0.1, 0.15) is 6.17 Å². The monoisotopic (exact) mass is 237 g/mol. The van der Waals surface area contributed by atoms with E-state index in [9.17, 15) is 9.90 Å². The normalized spacial score (nSPS) is 26.8. The standard InChI is InChI=1S/C4H7Cl2N3O3.Na/c5-7-1-8(6)3(4(10)11)9(12)2-7;/h3,12H,1-2H2,(H,10,11);/q;+1/p-1. The van der Waals surface area contributed by atoms with E-state index in [2.05, 4.69) is 0 Å². The quantitative estimate of drug-likeness (QED) is 0.367. The van der Waals surface area contributed by atoms with Crippen molar-refractivity contribution in [1.82, 2.24) is 13.9 Å². The van der Waals surface area contributed by atoms with Crippen LogP contribution in [0.5, 0.6) is 0 Å². The molecule has 1 unspecified atom stereocenters. The summed E-state index contributed by atoms with van der Waals surface area (Å²) in [5.41, 5.74) is 0. The minimum Gasteiger partial charge on any atom is -0.547 e. The van der Waals surface area contributed by atoms with Gasteiger partial charge in [-0.3, -0.25) is 0 Å². The molecule has 0 aromatic rings. The van der Waals surface area contributed by atoms with E-state index in [4.69, 9.17) is 28.8 Å². The number of halogens is 2. The van der Waals surface area contributed by atoms with Gasteiger partial charge in [-0.15, -0.1) is 0 Å². The van der Waals surface area contributed by atoms with Crippen LogP contribution >= 0.6 is 23.6 Å². The Labute approximate surface area is 107 Å². The zero-order valence-electron chi connectivity index (χ0n) is 6.85. The smallest absolute Gasteiger partial charge is 0.547 e. The molecule has 13 heavy (non-hydrogen) atoms. The second-order valence-electron chi connectivity index (χ2n) is 2.28. The topological polar surface area (TPSA) is 70.1 Å². The van der Waals surface area contributed by atoms with E-state index in [-0.39, 0.29) is 42.9 Å². The first-order valence-electron chi connectivity index (χ1n) is 3.02. The first-order valence-corrected chi connectivity index (χ1v) is 3.69. The zero-order chi connectivity index (χ0) is 9.30. The first-order chi connectivity index (χ1) is 5.52. The molecule has 9 heteroatoms. The van der Waals surface area contributed by atoms with Gasteiger partial charge in [0.2, 0.25) is 0 Å². The van der Waals surface area contributed by atoms with E-state index >= 15 is 0 Å². The van der Waals surface area contributed by atoms with Crippen LogP contribution in [0, 0.1) is 0 Å². The Morgan fingerprint density at radius 1 is 1.46 bits per heavy atom. The number of carbonyl (C=O) groups excluding carboxylic acids is 1. The fourth-order valence-corrected chi connectivity index (χ4v) is 1.47. The van der Waals surface area contributed by atoms with Crippen LogP contribution in [0.15, 0.2) is 0 Å². The molecule has 1 saturated heterocycles. The summed E-state index contributed by atoms with van der Waals surface area (Å²) < 4.78 is 1.94. The zero-order valence-corrected chi connectivity index (χ0v) is 10.4. The van der Waals surface area contributed by atoms with Crippen LogP contribution in [-0.4, -0.2) is 44.6 Å². The van der Waals surface area contributed by atoms with Gasteiger partial charge in [-0.1, -0.05) is 0 Å². The summed E-state index contributed by atoms with van der Waals surface area (Å²) in [7, 11) is 0. The van der Waals surface area contributed by atoms with Crippen molar-refractivity contribution in [2.45, 2.75) is 6.17 Å². The Morgan fingerprint density at radius 2 is 2.00 bits per heavy atom. The minimum atomic E-state index is -1.47. The van der Waals surface area contributed by atoms with Crippen LogP contribution in [0.3, 0.4) is 0 Å². The van der Waals surface area contributed by atoms with E-state index in [1.165, 1.54) is 0 Å². The van der Waals surface area contributed by atoms with E-state index in [1.807, 2.05) is 0 Å². The molecule has 0 radical (unpaired) electrons. The Kier molecular flexibility index (Phi) is 6.08. The molecule has 1 heterocycles. The third kappa shape index (κ3) is 3.50. The van der Waals surface area contributed by atoms with Gasteiger partial charge in [-0.05, 0) is 23.6 Å². The maximum atomic E-state index is 10.4. The molecule has 6 nitrogen and oxygen atoms in total. The summed E-state index contributed by atoms with van der Waals surface area (Å²) >= 11 is 10.9. The average Bonchev–Trinajstić information content (AvgIpc) is 1.82. The predicted molar refractivity (Wildman–Crippen MR) is 37.5 cm³/mol. The van der Waals surface area contributed by atoms with Crippen molar-refractivity contribution in [2.75, 3.05) is 13.3 Å². The van der Waals surface area contributed by atoms with Gasteiger partial charge in [0.05, 0.1) is 19.3 Å². The van der Waals surface area contributed by atoms with Crippen LogP contribution in [0.25, 0.3) is 0 Å². The van der Waals surface area contributed by atoms with Gasteiger partial charge in [0, 0.05) is 0 Å². The molecular weight excluding hydrogens is 232 g/mol. The Morgan fingerprint density at radius 3 is 2.38 bits per heavy atom. The molecule has 0 bridgehead atoms. The maximum Gasteiger partial charge on any atom is 1.00 e. The molecular formula is C4H6Cl2N3NaO3. The largest absolute Gasteiger partial charge is 1.00 e. The summed E-state index contributed by atoms with van der Waals surface area (Å²) in [5, 5.41) is 19.9. The number of carboxylic acid groups (broad SMARTS) is 1. The molecule has 0 aromatic heterocycles. The van der Waals surface area contributed by atoms with Gasteiger partial charge < -0.3 is 15.1 Å². The number of hydroxylamine groups is 2. The van der Waals surface area contributed by atoms with Crippen LogP contribution in [0.2, 0.25) is 0 Å². The summed E-state index contributed by atoms with van der Waals surface area (Å²) in [6.45, 7) is -0.0811. The van der Waals surface area contributed by atoms with E-state index in [1.54, 1.807) is 0 Å². The fourth-order valence-electron chi connectivity index (χ4n) is 0.884. The second kappa shape index (κ2) is 5.69. The Bertz CT molecular complexity index is 185. The van der Waals surface area contributed by atoms with Crippen molar-refractivity contribution in [3.05, 3.63) is 0 Å². The van der Waals surface area contributed by atoms with Crippen molar-refractivity contribution in [3.8, 4) is 0 Å². The maximum absolute atomic E-state index is 10.4. The Balaban J connectivity index is 0.00000144. The van der Waals surface area contributed by atoms with Crippen molar-refractivity contribution in [3.63, 3.8) is 0 Å². The third-order valence-electron chi connectivity index (χ3n) is 1.35. The van der Waals surface area contributed by atoms with Gasteiger partial charge in [0.15, 0.2) is 0 Å². The molecule has 1 N–H and O–H groups in total. The average molecular weight is 238 g/mol. The van der Waals surface area contributed by atoms with E-state index < -0.39 is 12.1 Å². The van der Waals surface area contributed by atoms with Crippen LogP contribution in [-0.2, 0) is 4.79 Å². The molecule has 1 aliphatic rings. The molecule has 1 rings (SSSR count). The number of carboxylic acids is 1. The van der Waals surface area contributed by atoms with Gasteiger partial charge in [-0.25, -0.2) is 0 Å². The molecule has 1 aliphatic heterocycles. The fraction of sp³-hybridized carbons (Fsp3) is 0.750. The molecule has 0 aromatic carbocycles. The van der Waals surface area contributed by atoms with Gasteiger partial charge in [0.25, 0.3) is 0 Å². The number of carbonyl (C=O) groups is 1. The minimum absolute atomic E-state index is 0. The number of nitrogens with zero attached hydrogens (tertiary/aromatic N) is 3. The second-order valence-corrected chi connectivity index (χ2v) is 3.19. The number of aliphatic carboxylic acids is 1. The van der Waals surface area contributed by atoms with Crippen LogP contribution in [0.4, 0.5) is 0 Å². The summed E-state index contributed by atoms with van der Waals surface area (Å²) in [6, 6.07) is 0. The molecule has 0 aliphatic carbocycles. The van der Waals surface area contributed by atoms with Crippen molar-refractivity contribution >= 4 is 29.5 Å². The molecule has 0 amide bonds. The predicted octanol–water partition coefficient (Wildman–Crippen LogP) is -4.40. The number of rotatable bonds is 1. The molecule has 0 saturated carbocycles. The van der Waals surface area contributed by atoms with Crippen LogP contribution < -0.4 is 34.7 Å². The third-order valence-corrected chi connectivity index (χ3v) is 1.85. The SMILES string of the molecule is O=C([O-])C1N(O)CN(Cl)CN1Cl.[Na+]. The number of hydrogen-bond acceptors (Lipinski definition) is 6. The molecule has 1 fully saturated rings. The summed E-state index contributed by atoms with van der Waals surface area (Å²) in [4.78, 5) is 10.4. The van der Waals surface area contributed by atoms with Crippen molar-refractivity contribution in [1.29, 1.82) is 0 Å². The van der Waals surface area contributed by atoms with Gasteiger partial charge in [-0.2, -0.15) is 13.9 Å². The number of hydrogen-bond donors (Lipinski definition) is 1. The van der Waals surface area contributed by atoms with Crippen LogP contribution in [0.1, 0.15) is 0 Å².